The van der Waals surface area contributed by atoms with Crippen LogP contribution in [0.2, 0.25) is 0 Å². The van der Waals surface area contributed by atoms with E-state index in [9.17, 15) is 14.7 Å². The van der Waals surface area contributed by atoms with Crippen LogP contribution in [0.1, 0.15) is 17.2 Å². The van der Waals surface area contributed by atoms with E-state index in [1.807, 2.05) is 0 Å². The molecule has 4 rings (SSSR count). The molecule has 2 aromatic rings. The van der Waals surface area contributed by atoms with Crippen molar-refractivity contribution in [3.8, 4) is 5.75 Å². The molecule has 2 aliphatic heterocycles. The van der Waals surface area contributed by atoms with Crippen LogP contribution >= 0.6 is 15.9 Å². The molecule has 32 heavy (non-hydrogen) atoms. The van der Waals surface area contributed by atoms with Crippen molar-refractivity contribution in [1.29, 1.82) is 0 Å². The molecule has 2 aliphatic rings. The summed E-state index contributed by atoms with van der Waals surface area (Å²) in [5.41, 5.74) is 1.09. The van der Waals surface area contributed by atoms with E-state index >= 15 is 0 Å². The van der Waals surface area contributed by atoms with E-state index in [2.05, 4.69) is 15.9 Å². The van der Waals surface area contributed by atoms with E-state index < -0.39 is 23.5 Å². The molecule has 1 unspecified atom stereocenters. The summed E-state index contributed by atoms with van der Waals surface area (Å²) in [6.45, 7) is 4.16. The highest BCUT2D eigenvalue weighted by molar-refractivity contribution is 9.10. The van der Waals surface area contributed by atoms with Gasteiger partial charge < -0.3 is 24.4 Å². The minimum atomic E-state index is -0.726. The van der Waals surface area contributed by atoms with Crippen LogP contribution in [0.25, 0.3) is 5.76 Å². The molecule has 2 aromatic carbocycles. The lowest BCUT2D eigenvalue weighted by Crippen LogP contribution is -3.14. The number of nitrogens with zero attached hydrogens (tertiary/aromatic N) is 1. The van der Waals surface area contributed by atoms with Gasteiger partial charge in [-0.2, -0.15) is 0 Å². The van der Waals surface area contributed by atoms with E-state index in [1.165, 1.54) is 4.90 Å². The number of carbonyl (C=O) groups excluding carboxylic acids is 2. The zero-order valence-electron chi connectivity index (χ0n) is 17.8. The Morgan fingerprint density at radius 2 is 1.78 bits per heavy atom. The first-order valence-electron chi connectivity index (χ1n) is 10.6. The second kappa shape index (κ2) is 9.85. The van der Waals surface area contributed by atoms with Crippen LogP contribution in [0.4, 0.5) is 0 Å². The number of amides is 1. The van der Waals surface area contributed by atoms with Crippen LogP contribution in [0.5, 0.6) is 5.75 Å². The first-order valence-corrected chi connectivity index (χ1v) is 11.4. The van der Waals surface area contributed by atoms with Crippen molar-refractivity contribution in [2.45, 2.75) is 6.04 Å². The molecule has 2 saturated heterocycles. The predicted octanol–water partition coefficient (Wildman–Crippen LogP) is 0.597. The molecular formula is C24H25BrN2O5. The second-order valence-electron chi connectivity index (χ2n) is 7.87. The molecule has 2 fully saturated rings. The van der Waals surface area contributed by atoms with E-state index in [0.717, 1.165) is 17.6 Å². The molecule has 1 amide bonds. The van der Waals surface area contributed by atoms with Gasteiger partial charge in [0.1, 0.15) is 18.8 Å². The quantitative estimate of drug-likeness (QED) is 0.356. The number of likely N-dealkylation sites (tertiary alicyclic amines) is 1. The van der Waals surface area contributed by atoms with Crippen molar-refractivity contribution in [2.75, 3.05) is 46.5 Å². The Hall–Kier alpha value is -2.68. The summed E-state index contributed by atoms with van der Waals surface area (Å²) in [5, 5.41) is 13.4. The summed E-state index contributed by atoms with van der Waals surface area (Å²) < 4.78 is 11.5. The number of carbonyl (C=O) groups is 2. The lowest BCUT2D eigenvalue weighted by molar-refractivity contribution is -0.907. The van der Waals surface area contributed by atoms with Gasteiger partial charge in [-0.25, -0.2) is 0 Å². The van der Waals surface area contributed by atoms with Crippen molar-refractivity contribution in [3.63, 3.8) is 0 Å². The normalized spacial score (nSPS) is 21.2. The summed E-state index contributed by atoms with van der Waals surface area (Å²) in [7, 11) is 1.57. The van der Waals surface area contributed by atoms with Gasteiger partial charge in [0.2, 0.25) is 5.78 Å². The van der Waals surface area contributed by atoms with Crippen LogP contribution in [-0.2, 0) is 14.3 Å². The van der Waals surface area contributed by atoms with Gasteiger partial charge in [0.15, 0.2) is 0 Å². The Kier molecular flexibility index (Phi) is 6.93. The van der Waals surface area contributed by atoms with Crippen LogP contribution in [0, 0.1) is 0 Å². The number of halogens is 1. The van der Waals surface area contributed by atoms with Crippen LogP contribution in [0.3, 0.4) is 0 Å². The fraction of sp³-hybridized carbons (Fsp3) is 0.333. The number of ketones is 1. The number of benzene rings is 2. The Morgan fingerprint density at radius 3 is 2.41 bits per heavy atom. The maximum Gasteiger partial charge on any atom is 0.295 e. The molecule has 0 bridgehead atoms. The largest absolute Gasteiger partial charge is 0.872 e. The fourth-order valence-corrected chi connectivity index (χ4v) is 4.44. The molecule has 7 nitrogen and oxygen atoms in total. The summed E-state index contributed by atoms with van der Waals surface area (Å²) in [6, 6.07) is 13.2. The monoisotopic (exact) mass is 500 g/mol. The third-order valence-corrected chi connectivity index (χ3v) is 6.50. The zero-order chi connectivity index (χ0) is 22.7. The molecule has 0 aromatic heterocycles. The summed E-state index contributed by atoms with van der Waals surface area (Å²) in [4.78, 5) is 28.9. The Morgan fingerprint density at radius 1 is 1.12 bits per heavy atom. The second-order valence-corrected chi connectivity index (χ2v) is 8.78. The van der Waals surface area contributed by atoms with E-state index in [-0.39, 0.29) is 5.57 Å². The van der Waals surface area contributed by atoms with E-state index in [4.69, 9.17) is 9.47 Å². The topological polar surface area (TPSA) is 83.3 Å². The summed E-state index contributed by atoms with van der Waals surface area (Å²) >= 11 is 3.36. The van der Waals surface area contributed by atoms with E-state index in [0.29, 0.717) is 43.2 Å². The Balaban J connectivity index is 1.72. The smallest absolute Gasteiger partial charge is 0.295 e. The number of morpholine rings is 1. The first-order chi connectivity index (χ1) is 15.5. The van der Waals surface area contributed by atoms with Crippen molar-refractivity contribution in [1.82, 2.24) is 4.90 Å². The van der Waals surface area contributed by atoms with Gasteiger partial charge in [-0.15, -0.1) is 0 Å². The molecule has 2 heterocycles. The minimum Gasteiger partial charge on any atom is -0.872 e. The number of quaternary nitrogens is 1. The highest BCUT2D eigenvalue weighted by Gasteiger charge is 2.44. The number of nitrogens with one attached hydrogen (secondary N) is 1. The van der Waals surface area contributed by atoms with Crippen LogP contribution < -0.4 is 14.7 Å². The van der Waals surface area contributed by atoms with Gasteiger partial charge in [0, 0.05) is 10.0 Å². The third-order valence-electron chi connectivity index (χ3n) is 5.97. The van der Waals surface area contributed by atoms with Crippen molar-refractivity contribution in [2.24, 2.45) is 0 Å². The number of hydrogen-bond donors (Lipinski definition) is 1. The summed E-state index contributed by atoms with van der Waals surface area (Å²) in [6.07, 6.45) is 0. The number of ether oxygens (including phenoxy) is 2. The van der Waals surface area contributed by atoms with Gasteiger partial charge in [-0.3, -0.25) is 9.59 Å². The molecule has 0 spiro atoms. The third kappa shape index (κ3) is 4.57. The molecule has 0 saturated carbocycles. The molecule has 0 aliphatic carbocycles. The highest BCUT2D eigenvalue weighted by Crippen LogP contribution is 2.38. The number of Topliss-reactive ketones (excluding diaryl/α,β-unsaturated/α-hetero) is 1. The lowest BCUT2D eigenvalue weighted by Gasteiger charge is -2.30. The molecule has 0 radical (unpaired) electrons. The standard InChI is InChI=1S/C24H25BrN2O5/c1-31-19-8-4-16(5-9-19)21-20(22(28)17-2-6-18(25)7-3-17)23(29)24(30)27(21)11-10-26-12-14-32-15-13-26/h2-9,21,28H,10-15H2,1H3/b22-20+. The van der Waals surface area contributed by atoms with Gasteiger partial charge in [0.05, 0.1) is 39.5 Å². The van der Waals surface area contributed by atoms with Crippen LogP contribution in [0.15, 0.2) is 58.6 Å². The number of rotatable bonds is 6. The van der Waals surface area contributed by atoms with Crippen molar-refractivity contribution < 1.29 is 29.1 Å². The van der Waals surface area contributed by atoms with Gasteiger partial charge in [0.25, 0.3) is 5.91 Å². The first kappa shape index (κ1) is 22.5. The van der Waals surface area contributed by atoms with Gasteiger partial charge in [-0.05, 0) is 35.4 Å². The zero-order valence-corrected chi connectivity index (χ0v) is 19.4. The Labute approximate surface area is 195 Å². The maximum absolute atomic E-state index is 13.4. The average molecular weight is 501 g/mol. The molecule has 1 atom stereocenters. The summed E-state index contributed by atoms with van der Waals surface area (Å²) in [5.74, 6) is -1.11. The molecular weight excluding hydrogens is 476 g/mol. The highest BCUT2D eigenvalue weighted by atomic mass is 79.9. The number of methoxy groups -OCH3 is 1. The minimum absolute atomic E-state index is 0.000494. The molecule has 8 heteroatoms. The molecule has 1 N–H and O–H groups in total. The number of hydrogen-bond acceptors (Lipinski definition) is 5. The SMILES string of the molecule is COc1ccc(C2/C(=C(\[O-])c3ccc(Br)cc3)C(=O)C(=O)N2CC[NH+]2CCOCC2)cc1. The predicted molar refractivity (Wildman–Crippen MR) is 120 cm³/mol. The van der Waals surface area contributed by atoms with Gasteiger partial charge >= 0.3 is 0 Å². The lowest BCUT2D eigenvalue weighted by atomic mass is 9.95. The van der Waals surface area contributed by atoms with Crippen molar-refractivity contribution >= 4 is 33.4 Å². The maximum atomic E-state index is 13.4. The fourth-order valence-electron chi connectivity index (χ4n) is 4.18. The van der Waals surface area contributed by atoms with Gasteiger partial charge in [-0.1, -0.05) is 46.0 Å². The van der Waals surface area contributed by atoms with Crippen LogP contribution in [-0.4, -0.2) is 63.1 Å². The van der Waals surface area contributed by atoms with Crippen molar-refractivity contribution in [3.05, 3.63) is 69.7 Å². The molecule has 168 valence electrons. The Bertz CT molecular complexity index is 1010. The van der Waals surface area contributed by atoms with E-state index in [1.54, 1.807) is 60.5 Å². The average Bonchev–Trinajstić information content (AvgIpc) is 3.08.